The lowest BCUT2D eigenvalue weighted by molar-refractivity contribution is 0.478. The Labute approximate surface area is 167 Å². The Kier molecular flexibility index (Phi) is 7.51. The Morgan fingerprint density at radius 1 is 1.04 bits per heavy atom. The van der Waals surface area contributed by atoms with Crippen LogP contribution in [0.25, 0.3) is 0 Å². The molecule has 0 unspecified atom stereocenters. The Morgan fingerprint density at radius 2 is 1.80 bits per heavy atom. The van der Waals surface area contributed by atoms with E-state index in [9.17, 15) is 0 Å². The van der Waals surface area contributed by atoms with Gasteiger partial charge in [0.15, 0.2) is 0 Å². The molecule has 0 spiro atoms. The third-order valence-electron chi connectivity index (χ3n) is 3.78. The molecule has 0 heterocycles. The highest BCUT2D eigenvalue weighted by Gasteiger charge is 2.09. The van der Waals surface area contributed by atoms with Gasteiger partial charge >= 0.3 is 0 Å². The van der Waals surface area contributed by atoms with Gasteiger partial charge in [-0.2, -0.15) is 0 Å². The average Bonchev–Trinajstić information content (AvgIpc) is 2.58. The summed E-state index contributed by atoms with van der Waals surface area (Å²) in [7, 11) is 0. The van der Waals surface area contributed by atoms with E-state index in [0.29, 0.717) is 0 Å². The van der Waals surface area contributed by atoms with Gasteiger partial charge in [0.2, 0.25) is 0 Å². The summed E-state index contributed by atoms with van der Waals surface area (Å²) in [5.41, 5.74) is 3.30. The summed E-state index contributed by atoms with van der Waals surface area (Å²) in [6.45, 7) is 9.25. The first kappa shape index (κ1) is 20.0. The van der Waals surface area contributed by atoms with Crippen molar-refractivity contribution in [3.63, 3.8) is 0 Å². The summed E-state index contributed by atoms with van der Waals surface area (Å²) in [4.78, 5) is 4.60. The smallest absolute Gasteiger partial charge is 0.130 e. The number of hydrogen-bond donors (Lipinski definition) is 1. The normalized spacial score (nSPS) is 11.5. The molecule has 2 rings (SSSR count). The van der Waals surface area contributed by atoms with Crippen LogP contribution < -0.4 is 10.1 Å². The van der Waals surface area contributed by atoms with Gasteiger partial charge in [0.05, 0.1) is 0 Å². The van der Waals surface area contributed by atoms with Crippen molar-refractivity contribution < 1.29 is 4.74 Å². The van der Waals surface area contributed by atoms with Crippen LogP contribution in [0.15, 0.2) is 44.3 Å². The van der Waals surface area contributed by atoms with Crippen LogP contribution in [-0.4, -0.2) is 12.4 Å². The second kappa shape index (κ2) is 9.39. The fourth-order valence-corrected chi connectivity index (χ4v) is 2.95. The van der Waals surface area contributed by atoms with Gasteiger partial charge in [-0.05, 0) is 93.6 Å². The Balaban J connectivity index is 2.22. The fourth-order valence-electron chi connectivity index (χ4n) is 2.34. The second-order valence-corrected chi connectivity index (χ2v) is 7.63. The minimum atomic E-state index is 0.803. The maximum atomic E-state index is 6.07. The predicted octanol–water partition coefficient (Wildman–Crippen LogP) is 7.25. The summed E-state index contributed by atoms with van der Waals surface area (Å²) < 4.78 is 8.04. The van der Waals surface area contributed by atoms with E-state index in [-0.39, 0.29) is 0 Å². The number of hydrogen-bond acceptors (Lipinski definition) is 2. The Hall–Kier alpha value is -1.33. The van der Waals surface area contributed by atoms with Crippen molar-refractivity contribution in [2.75, 3.05) is 11.9 Å². The molecule has 0 aromatic heterocycles. The summed E-state index contributed by atoms with van der Waals surface area (Å²) in [6, 6.07) is 10.1. The first-order chi connectivity index (χ1) is 11.9. The number of aryl methyl sites for hydroxylation is 2. The molecule has 0 radical (unpaired) electrons. The lowest BCUT2D eigenvalue weighted by Crippen LogP contribution is -2.12. The zero-order valence-electron chi connectivity index (χ0n) is 15.1. The molecule has 3 nitrogen and oxygen atoms in total. The van der Waals surface area contributed by atoms with E-state index in [1.165, 1.54) is 0 Å². The number of halogens is 2. The van der Waals surface area contributed by atoms with Crippen molar-refractivity contribution in [3.8, 4) is 11.5 Å². The van der Waals surface area contributed by atoms with Crippen LogP contribution >= 0.6 is 31.9 Å². The molecule has 1 N–H and O–H groups in total. The molecule has 5 heteroatoms. The van der Waals surface area contributed by atoms with Crippen LogP contribution in [0.4, 0.5) is 5.69 Å². The number of anilines is 1. The molecule has 2 aromatic carbocycles. The highest BCUT2D eigenvalue weighted by Crippen LogP contribution is 2.33. The highest BCUT2D eigenvalue weighted by atomic mass is 79.9. The summed E-state index contributed by atoms with van der Waals surface area (Å²) in [5.74, 6) is 2.69. The van der Waals surface area contributed by atoms with Crippen molar-refractivity contribution in [3.05, 3.63) is 50.4 Å². The quantitative estimate of drug-likeness (QED) is 0.358. The Morgan fingerprint density at radius 3 is 2.44 bits per heavy atom. The molecule has 2 aromatic rings. The van der Waals surface area contributed by atoms with Crippen molar-refractivity contribution in [1.82, 2.24) is 0 Å². The van der Waals surface area contributed by atoms with E-state index in [4.69, 9.17) is 4.74 Å². The molecule has 25 heavy (non-hydrogen) atoms. The summed E-state index contributed by atoms with van der Waals surface area (Å²) >= 11 is 6.99. The average molecular weight is 468 g/mol. The molecule has 0 amide bonds. The number of aliphatic imine (C=N–C) groups is 1. The topological polar surface area (TPSA) is 33.6 Å². The van der Waals surface area contributed by atoms with E-state index >= 15 is 0 Å². The van der Waals surface area contributed by atoms with Gasteiger partial charge in [-0.25, -0.2) is 0 Å². The minimum absolute atomic E-state index is 0.803. The van der Waals surface area contributed by atoms with E-state index < -0.39 is 0 Å². The minimum Gasteiger partial charge on any atom is -0.457 e. The molecule has 0 aliphatic carbocycles. The van der Waals surface area contributed by atoms with Gasteiger partial charge in [-0.1, -0.05) is 13.8 Å². The number of amidine groups is 1. The number of benzene rings is 2. The van der Waals surface area contributed by atoms with Crippen molar-refractivity contribution in [2.45, 2.75) is 40.5 Å². The number of ether oxygens (including phenoxy) is 1. The molecular formula is C20H24Br2N2O. The second-order valence-electron chi connectivity index (χ2n) is 5.92. The first-order valence-corrected chi connectivity index (χ1v) is 10.1. The molecule has 0 aliphatic heterocycles. The molecular weight excluding hydrogens is 444 g/mol. The van der Waals surface area contributed by atoms with Crippen LogP contribution in [0.5, 0.6) is 11.5 Å². The molecule has 0 aliphatic rings. The molecule has 0 fully saturated rings. The van der Waals surface area contributed by atoms with Crippen LogP contribution in [0.3, 0.4) is 0 Å². The zero-order valence-corrected chi connectivity index (χ0v) is 18.3. The lowest BCUT2D eigenvalue weighted by Gasteiger charge is -2.16. The SMILES string of the molecule is CCCN=C(CC)Nc1cc(C)c(Oc2ccc(Br)c(Br)c2)cc1C. The van der Waals surface area contributed by atoms with Crippen molar-refractivity contribution in [2.24, 2.45) is 4.99 Å². The monoisotopic (exact) mass is 466 g/mol. The van der Waals surface area contributed by atoms with E-state index in [2.05, 4.69) is 82.0 Å². The molecule has 0 saturated carbocycles. The van der Waals surface area contributed by atoms with Gasteiger partial charge in [0.25, 0.3) is 0 Å². The van der Waals surface area contributed by atoms with Crippen LogP contribution in [0, 0.1) is 13.8 Å². The maximum absolute atomic E-state index is 6.07. The first-order valence-electron chi connectivity index (χ1n) is 8.49. The van der Waals surface area contributed by atoms with Gasteiger partial charge in [-0.3, -0.25) is 4.99 Å². The van der Waals surface area contributed by atoms with Gasteiger partial charge in [0, 0.05) is 27.6 Å². The Bertz CT molecular complexity index is 773. The largest absolute Gasteiger partial charge is 0.457 e. The summed E-state index contributed by atoms with van der Waals surface area (Å²) in [5, 5.41) is 3.46. The standard InChI is InChI=1S/C20H24Br2N2O/c1-5-9-23-20(6-2)24-18-10-14(4)19(11-13(18)3)25-15-7-8-16(21)17(22)12-15/h7-8,10-12H,5-6,9H2,1-4H3,(H,23,24). The maximum Gasteiger partial charge on any atom is 0.130 e. The zero-order chi connectivity index (χ0) is 18.4. The molecule has 134 valence electrons. The van der Waals surface area contributed by atoms with Crippen LogP contribution in [0.2, 0.25) is 0 Å². The fraction of sp³-hybridized carbons (Fsp3) is 0.350. The van der Waals surface area contributed by atoms with E-state index in [1.807, 2.05) is 18.2 Å². The lowest BCUT2D eigenvalue weighted by atomic mass is 10.1. The third kappa shape index (κ3) is 5.58. The number of rotatable bonds is 6. The van der Waals surface area contributed by atoms with E-state index in [1.54, 1.807) is 0 Å². The van der Waals surface area contributed by atoms with Gasteiger partial charge < -0.3 is 10.1 Å². The molecule has 0 saturated heterocycles. The highest BCUT2D eigenvalue weighted by molar-refractivity contribution is 9.13. The summed E-state index contributed by atoms with van der Waals surface area (Å²) in [6.07, 6.45) is 1.95. The van der Waals surface area contributed by atoms with Gasteiger partial charge in [0.1, 0.15) is 17.3 Å². The van der Waals surface area contributed by atoms with Gasteiger partial charge in [-0.15, -0.1) is 0 Å². The van der Waals surface area contributed by atoms with E-state index in [0.717, 1.165) is 62.5 Å². The number of nitrogens with one attached hydrogen (secondary N) is 1. The third-order valence-corrected chi connectivity index (χ3v) is 5.66. The van der Waals surface area contributed by atoms with Crippen molar-refractivity contribution in [1.29, 1.82) is 0 Å². The predicted molar refractivity (Wildman–Crippen MR) is 114 cm³/mol. The van der Waals surface area contributed by atoms with Crippen LogP contribution in [-0.2, 0) is 0 Å². The molecule has 0 bridgehead atoms. The number of nitrogens with zero attached hydrogens (tertiary/aromatic N) is 1. The molecule has 0 atom stereocenters. The van der Waals surface area contributed by atoms with Crippen molar-refractivity contribution >= 4 is 43.4 Å². The van der Waals surface area contributed by atoms with Crippen LogP contribution in [0.1, 0.15) is 37.8 Å².